The zero-order chi connectivity index (χ0) is 12.3. The van der Waals surface area contributed by atoms with E-state index in [1.165, 1.54) is 6.07 Å². The summed E-state index contributed by atoms with van der Waals surface area (Å²) < 4.78 is 39.9. The van der Waals surface area contributed by atoms with Crippen molar-refractivity contribution >= 4 is 24.2 Å². The maximum Gasteiger partial charge on any atom is 0.488 e. The van der Waals surface area contributed by atoms with Gasteiger partial charge >= 0.3 is 13.3 Å². The van der Waals surface area contributed by atoms with Gasteiger partial charge in [-0.25, -0.2) is 0 Å². The van der Waals surface area contributed by atoms with Crippen molar-refractivity contribution in [2.45, 2.75) is 6.18 Å². The van der Waals surface area contributed by atoms with E-state index in [2.05, 4.69) is 4.74 Å². The summed E-state index contributed by atoms with van der Waals surface area (Å²) in [5, 5.41) is 17.4. The Morgan fingerprint density at radius 1 is 1.31 bits per heavy atom. The van der Waals surface area contributed by atoms with E-state index < -0.39 is 19.9 Å². The van der Waals surface area contributed by atoms with Crippen LogP contribution in [0.4, 0.5) is 13.2 Å². The third-order valence-corrected chi connectivity index (χ3v) is 1.94. The van der Waals surface area contributed by atoms with Gasteiger partial charge in [0.2, 0.25) is 0 Å². The van der Waals surface area contributed by atoms with Crippen LogP contribution in [0.25, 0.3) is 0 Å². The molecule has 88 valence electrons. The SMILES string of the molecule is OB(O)c1ccc(OCC(F)(F)F)c(Cl)c1. The van der Waals surface area contributed by atoms with Gasteiger partial charge in [-0.15, -0.1) is 0 Å². The highest BCUT2D eigenvalue weighted by molar-refractivity contribution is 6.59. The van der Waals surface area contributed by atoms with Crippen LogP contribution in [0.5, 0.6) is 5.75 Å². The molecule has 0 aliphatic heterocycles. The first-order valence-corrected chi connectivity index (χ1v) is 4.52. The third kappa shape index (κ3) is 3.92. The summed E-state index contributed by atoms with van der Waals surface area (Å²) in [5.74, 6) is -0.164. The van der Waals surface area contributed by atoms with Crippen LogP contribution < -0.4 is 10.2 Å². The molecule has 0 aliphatic carbocycles. The minimum atomic E-state index is -4.45. The number of halogens is 4. The topological polar surface area (TPSA) is 49.7 Å². The second-order valence-electron chi connectivity index (χ2n) is 2.97. The lowest BCUT2D eigenvalue weighted by atomic mass is 9.80. The van der Waals surface area contributed by atoms with Gasteiger partial charge in [0.15, 0.2) is 6.61 Å². The van der Waals surface area contributed by atoms with Crippen molar-refractivity contribution in [3.05, 3.63) is 23.2 Å². The van der Waals surface area contributed by atoms with Crippen molar-refractivity contribution in [3.8, 4) is 5.75 Å². The van der Waals surface area contributed by atoms with Crippen LogP contribution in [0.1, 0.15) is 0 Å². The van der Waals surface area contributed by atoms with E-state index in [4.69, 9.17) is 21.6 Å². The predicted octanol–water partition coefficient (Wildman–Crippen LogP) is 0.961. The maximum atomic E-state index is 11.8. The molecule has 3 nitrogen and oxygen atoms in total. The van der Waals surface area contributed by atoms with E-state index in [9.17, 15) is 13.2 Å². The largest absolute Gasteiger partial charge is 0.488 e. The zero-order valence-electron chi connectivity index (χ0n) is 7.83. The molecule has 0 saturated carbocycles. The van der Waals surface area contributed by atoms with Gasteiger partial charge in [0.05, 0.1) is 5.02 Å². The lowest BCUT2D eigenvalue weighted by Gasteiger charge is -2.11. The molecule has 8 heteroatoms. The molecule has 1 aromatic carbocycles. The number of rotatable bonds is 3. The molecule has 0 amide bonds. The highest BCUT2D eigenvalue weighted by Gasteiger charge is 2.28. The molecule has 1 rings (SSSR count). The molecule has 0 saturated heterocycles. The van der Waals surface area contributed by atoms with E-state index in [1.807, 2.05) is 0 Å². The first-order chi connectivity index (χ1) is 7.29. The first-order valence-electron chi connectivity index (χ1n) is 4.15. The average molecular weight is 254 g/mol. The van der Waals surface area contributed by atoms with Crippen LogP contribution in [0.2, 0.25) is 5.02 Å². The molecule has 2 N–H and O–H groups in total. The summed E-state index contributed by atoms with van der Waals surface area (Å²) in [5.41, 5.74) is 0.0735. The van der Waals surface area contributed by atoms with Crippen molar-refractivity contribution in [1.82, 2.24) is 0 Å². The highest BCUT2D eigenvalue weighted by Crippen LogP contribution is 2.25. The van der Waals surface area contributed by atoms with Gasteiger partial charge in [-0.1, -0.05) is 17.7 Å². The molecule has 0 bridgehead atoms. The van der Waals surface area contributed by atoms with Gasteiger partial charge in [0.25, 0.3) is 0 Å². The Bertz CT molecular complexity index is 370. The van der Waals surface area contributed by atoms with Gasteiger partial charge < -0.3 is 14.8 Å². The second kappa shape index (κ2) is 4.94. The molecule has 0 unspecified atom stereocenters. The molecule has 0 aromatic heterocycles. The van der Waals surface area contributed by atoms with Crippen molar-refractivity contribution in [2.75, 3.05) is 6.61 Å². The molecule has 0 spiro atoms. The number of alkyl halides is 3. The van der Waals surface area contributed by atoms with Gasteiger partial charge in [-0.2, -0.15) is 13.2 Å². The Balaban J connectivity index is 2.76. The summed E-state index contributed by atoms with van der Waals surface area (Å²) in [6.45, 7) is -1.45. The quantitative estimate of drug-likeness (QED) is 0.790. The van der Waals surface area contributed by atoms with E-state index in [1.54, 1.807) is 0 Å². The summed E-state index contributed by atoms with van der Waals surface area (Å²) in [7, 11) is -1.73. The molecule has 16 heavy (non-hydrogen) atoms. The Labute approximate surface area is 94.6 Å². The van der Waals surface area contributed by atoms with Gasteiger partial charge in [-0.05, 0) is 17.6 Å². The minimum Gasteiger partial charge on any atom is -0.483 e. The first kappa shape index (κ1) is 13.2. The predicted molar refractivity (Wildman–Crippen MR) is 52.8 cm³/mol. The van der Waals surface area contributed by atoms with Gasteiger partial charge in [0.1, 0.15) is 5.75 Å². The third-order valence-electron chi connectivity index (χ3n) is 1.65. The van der Waals surface area contributed by atoms with Crippen LogP contribution in [0, 0.1) is 0 Å². The van der Waals surface area contributed by atoms with Crippen LogP contribution in [-0.2, 0) is 0 Å². The van der Waals surface area contributed by atoms with E-state index in [0.717, 1.165) is 12.1 Å². The number of hydrogen-bond donors (Lipinski definition) is 2. The fourth-order valence-electron chi connectivity index (χ4n) is 0.954. The molecular weight excluding hydrogens is 247 g/mol. The number of ether oxygens (including phenoxy) is 1. The fraction of sp³-hybridized carbons (Fsp3) is 0.250. The standard InChI is InChI=1S/C8H7BClF3O3/c10-6-3-5(9(14)15)1-2-7(6)16-4-8(11,12)13/h1-3,14-15H,4H2. The Kier molecular flexibility index (Phi) is 4.06. The molecule has 0 radical (unpaired) electrons. The average Bonchev–Trinajstić information content (AvgIpc) is 2.14. The summed E-state index contributed by atoms with van der Waals surface area (Å²) in [6.07, 6.45) is -4.45. The Morgan fingerprint density at radius 3 is 2.38 bits per heavy atom. The Morgan fingerprint density at radius 2 is 1.94 bits per heavy atom. The molecule has 0 aliphatic rings. The molecule has 1 aromatic rings. The van der Waals surface area contributed by atoms with Crippen LogP contribution in [-0.4, -0.2) is 29.9 Å². The monoisotopic (exact) mass is 254 g/mol. The normalized spacial score (nSPS) is 11.4. The van der Waals surface area contributed by atoms with Crippen molar-refractivity contribution in [2.24, 2.45) is 0 Å². The molecular formula is C8H7BClF3O3. The van der Waals surface area contributed by atoms with Gasteiger partial charge in [-0.3, -0.25) is 0 Å². The molecule has 0 atom stereocenters. The van der Waals surface area contributed by atoms with Crippen molar-refractivity contribution in [1.29, 1.82) is 0 Å². The minimum absolute atomic E-state index is 0.0735. The summed E-state index contributed by atoms with van der Waals surface area (Å²) >= 11 is 5.59. The smallest absolute Gasteiger partial charge is 0.483 e. The lowest BCUT2D eigenvalue weighted by Crippen LogP contribution is -2.29. The molecule has 0 heterocycles. The fourth-order valence-corrected chi connectivity index (χ4v) is 1.20. The van der Waals surface area contributed by atoms with Crippen molar-refractivity contribution < 1.29 is 28.0 Å². The number of benzene rings is 1. The Hall–Kier alpha value is -0.915. The van der Waals surface area contributed by atoms with Crippen LogP contribution in [0.3, 0.4) is 0 Å². The van der Waals surface area contributed by atoms with E-state index in [0.29, 0.717) is 0 Å². The van der Waals surface area contributed by atoms with Crippen molar-refractivity contribution in [3.63, 3.8) is 0 Å². The maximum absolute atomic E-state index is 11.8. The van der Waals surface area contributed by atoms with E-state index in [-0.39, 0.29) is 16.2 Å². The van der Waals surface area contributed by atoms with E-state index >= 15 is 0 Å². The highest BCUT2D eigenvalue weighted by atomic mass is 35.5. The van der Waals surface area contributed by atoms with Crippen LogP contribution in [0.15, 0.2) is 18.2 Å². The zero-order valence-corrected chi connectivity index (χ0v) is 8.59. The second-order valence-corrected chi connectivity index (χ2v) is 3.37. The summed E-state index contributed by atoms with van der Waals surface area (Å²) in [4.78, 5) is 0. The summed E-state index contributed by atoms with van der Waals surface area (Å²) in [6, 6.07) is 3.48. The number of hydrogen-bond acceptors (Lipinski definition) is 3. The lowest BCUT2D eigenvalue weighted by molar-refractivity contribution is -0.153. The molecule has 0 fully saturated rings. The van der Waals surface area contributed by atoms with Crippen LogP contribution >= 0.6 is 11.6 Å². The van der Waals surface area contributed by atoms with Gasteiger partial charge in [0, 0.05) is 0 Å².